The molecule has 0 bridgehead atoms. The molecular weight excluding hydrogens is 240 g/mol. The van der Waals surface area contributed by atoms with Crippen LogP contribution in [0.4, 0.5) is 0 Å². The van der Waals surface area contributed by atoms with Gasteiger partial charge in [-0.15, -0.1) is 0 Å². The Kier molecular flexibility index (Phi) is 3.98. The molecule has 0 spiro atoms. The molecule has 0 aromatic heterocycles. The highest BCUT2D eigenvalue weighted by Gasteiger charge is 2.07. The van der Waals surface area contributed by atoms with Crippen molar-refractivity contribution in [1.29, 1.82) is 0 Å². The van der Waals surface area contributed by atoms with Gasteiger partial charge in [-0.3, -0.25) is 0 Å². The van der Waals surface area contributed by atoms with Gasteiger partial charge in [0.15, 0.2) is 0 Å². The summed E-state index contributed by atoms with van der Waals surface area (Å²) in [5.74, 6) is -0.0633. The summed E-state index contributed by atoms with van der Waals surface area (Å²) in [6, 6.07) is 14.3. The highest BCUT2D eigenvalue weighted by atomic mass is 16.5. The average Bonchev–Trinajstić information content (AvgIpc) is 2.40. The number of ether oxygens (including phenoxy) is 1. The summed E-state index contributed by atoms with van der Waals surface area (Å²) in [6.45, 7) is 1.73. The minimum atomic E-state index is -0.464. The highest BCUT2D eigenvalue weighted by molar-refractivity contribution is 5.84. The fraction of sp³-hybridized carbons (Fsp3) is 0.0625. The molecule has 0 saturated heterocycles. The number of hydrogen-bond donors (Lipinski definition) is 1. The molecule has 2 aromatic carbocycles. The van der Waals surface area contributed by atoms with Crippen molar-refractivity contribution in [3.05, 3.63) is 60.7 Å². The summed E-state index contributed by atoms with van der Waals surface area (Å²) in [7, 11) is 0. The van der Waals surface area contributed by atoms with Crippen LogP contribution in [-0.4, -0.2) is 11.1 Å². The fourth-order valence-corrected chi connectivity index (χ4v) is 1.72. The maximum absolute atomic E-state index is 11.3. The van der Waals surface area contributed by atoms with Crippen LogP contribution >= 0.6 is 0 Å². The third kappa shape index (κ3) is 3.22. The van der Waals surface area contributed by atoms with Crippen LogP contribution in [0.2, 0.25) is 0 Å². The average molecular weight is 254 g/mol. The molecule has 0 atom stereocenters. The van der Waals surface area contributed by atoms with Crippen LogP contribution in [0.15, 0.2) is 60.7 Å². The lowest BCUT2D eigenvalue weighted by molar-refractivity contribution is -0.129. The van der Waals surface area contributed by atoms with E-state index < -0.39 is 5.97 Å². The lowest BCUT2D eigenvalue weighted by Crippen LogP contribution is -2.03. The van der Waals surface area contributed by atoms with Crippen LogP contribution in [0, 0.1) is 0 Å². The normalized spacial score (nSPS) is 10.6. The van der Waals surface area contributed by atoms with Crippen LogP contribution < -0.4 is 4.74 Å². The number of allylic oxidation sites excluding steroid dienone is 1. The van der Waals surface area contributed by atoms with E-state index in [1.165, 1.54) is 12.1 Å². The second kappa shape index (κ2) is 5.87. The SMILES string of the molecule is CC=CC(=O)Oc1ccc(-c2ccccc2)c(O)c1. The molecule has 0 heterocycles. The lowest BCUT2D eigenvalue weighted by atomic mass is 10.0. The quantitative estimate of drug-likeness (QED) is 0.517. The second-order valence-corrected chi connectivity index (χ2v) is 3.97. The molecule has 0 saturated carbocycles. The molecule has 3 heteroatoms. The molecule has 0 amide bonds. The van der Waals surface area contributed by atoms with Gasteiger partial charge in [-0.2, -0.15) is 0 Å². The summed E-state index contributed by atoms with van der Waals surface area (Å²) in [5.41, 5.74) is 1.61. The van der Waals surface area contributed by atoms with Crippen molar-refractivity contribution in [3.8, 4) is 22.6 Å². The Labute approximate surface area is 111 Å². The zero-order valence-corrected chi connectivity index (χ0v) is 10.5. The summed E-state index contributed by atoms with van der Waals surface area (Å²) in [6.07, 6.45) is 2.92. The van der Waals surface area contributed by atoms with E-state index in [0.717, 1.165) is 5.56 Å². The van der Waals surface area contributed by atoms with Crippen LogP contribution in [0.25, 0.3) is 11.1 Å². The Hall–Kier alpha value is -2.55. The van der Waals surface area contributed by atoms with E-state index in [1.54, 1.807) is 25.1 Å². The first-order chi connectivity index (χ1) is 9.20. The number of phenolic OH excluding ortho intramolecular Hbond substituents is 1. The van der Waals surface area contributed by atoms with Crippen molar-refractivity contribution < 1.29 is 14.6 Å². The lowest BCUT2D eigenvalue weighted by Gasteiger charge is -2.07. The number of carbonyl (C=O) groups is 1. The molecule has 0 unspecified atom stereocenters. The van der Waals surface area contributed by atoms with Crippen molar-refractivity contribution >= 4 is 5.97 Å². The third-order valence-electron chi connectivity index (χ3n) is 2.58. The standard InChI is InChI=1S/C16H14O3/c1-2-6-16(18)19-13-9-10-14(15(17)11-13)12-7-4-3-5-8-12/h2-11,17H,1H3. The molecular formula is C16H14O3. The van der Waals surface area contributed by atoms with E-state index in [9.17, 15) is 9.90 Å². The molecule has 19 heavy (non-hydrogen) atoms. The number of rotatable bonds is 3. The third-order valence-corrected chi connectivity index (χ3v) is 2.58. The predicted molar refractivity (Wildman–Crippen MR) is 74.0 cm³/mol. The summed E-state index contributed by atoms with van der Waals surface area (Å²) >= 11 is 0. The summed E-state index contributed by atoms with van der Waals surface area (Å²) in [4.78, 5) is 11.3. The first kappa shape index (κ1) is 12.9. The fourth-order valence-electron chi connectivity index (χ4n) is 1.72. The van der Waals surface area contributed by atoms with E-state index in [1.807, 2.05) is 30.3 Å². The van der Waals surface area contributed by atoms with Crippen LogP contribution in [0.5, 0.6) is 11.5 Å². The minimum Gasteiger partial charge on any atom is -0.507 e. The monoisotopic (exact) mass is 254 g/mol. The number of benzene rings is 2. The van der Waals surface area contributed by atoms with E-state index in [2.05, 4.69) is 0 Å². The van der Waals surface area contributed by atoms with E-state index in [0.29, 0.717) is 11.3 Å². The van der Waals surface area contributed by atoms with Gasteiger partial charge in [-0.05, 0) is 24.6 Å². The minimum absolute atomic E-state index is 0.0805. The van der Waals surface area contributed by atoms with Crippen LogP contribution in [0.1, 0.15) is 6.92 Å². The maximum atomic E-state index is 11.3. The molecule has 2 aromatic rings. The Morgan fingerprint density at radius 3 is 2.53 bits per heavy atom. The van der Waals surface area contributed by atoms with Gasteiger partial charge in [-0.25, -0.2) is 4.79 Å². The first-order valence-electron chi connectivity index (χ1n) is 5.93. The van der Waals surface area contributed by atoms with E-state index in [4.69, 9.17) is 4.74 Å². The molecule has 0 aliphatic carbocycles. The summed E-state index contributed by atoms with van der Waals surface area (Å²) < 4.78 is 5.04. The smallest absolute Gasteiger partial charge is 0.335 e. The van der Waals surface area contributed by atoms with Gasteiger partial charge >= 0.3 is 5.97 Å². The number of hydrogen-bond acceptors (Lipinski definition) is 3. The molecule has 0 fully saturated rings. The number of aromatic hydroxyl groups is 1. The highest BCUT2D eigenvalue weighted by Crippen LogP contribution is 2.32. The van der Waals surface area contributed by atoms with Gasteiger partial charge in [0.05, 0.1) is 0 Å². The maximum Gasteiger partial charge on any atom is 0.335 e. The predicted octanol–water partition coefficient (Wildman–Crippen LogP) is 3.54. The number of carbonyl (C=O) groups excluding carboxylic acids is 1. The van der Waals surface area contributed by atoms with Gasteiger partial charge in [0.1, 0.15) is 11.5 Å². The van der Waals surface area contributed by atoms with Crippen LogP contribution in [0.3, 0.4) is 0 Å². The van der Waals surface area contributed by atoms with Gasteiger partial charge in [0, 0.05) is 17.7 Å². The largest absolute Gasteiger partial charge is 0.507 e. The van der Waals surface area contributed by atoms with Gasteiger partial charge in [0.25, 0.3) is 0 Å². The van der Waals surface area contributed by atoms with Crippen molar-refractivity contribution in [3.63, 3.8) is 0 Å². The molecule has 0 aliphatic heterocycles. The van der Waals surface area contributed by atoms with Crippen molar-refractivity contribution in [2.75, 3.05) is 0 Å². The molecule has 3 nitrogen and oxygen atoms in total. The van der Waals surface area contributed by atoms with E-state index >= 15 is 0 Å². The Bertz CT molecular complexity index is 601. The molecule has 1 N–H and O–H groups in total. The van der Waals surface area contributed by atoms with Crippen molar-refractivity contribution in [2.45, 2.75) is 6.92 Å². The topological polar surface area (TPSA) is 46.5 Å². The first-order valence-corrected chi connectivity index (χ1v) is 5.93. The second-order valence-electron chi connectivity index (χ2n) is 3.97. The zero-order chi connectivity index (χ0) is 13.7. The zero-order valence-electron chi connectivity index (χ0n) is 10.5. The number of phenols is 1. The van der Waals surface area contributed by atoms with Gasteiger partial charge < -0.3 is 9.84 Å². The van der Waals surface area contributed by atoms with Crippen molar-refractivity contribution in [1.82, 2.24) is 0 Å². The molecule has 0 aliphatic rings. The van der Waals surface area contributed by atoms with Gasteiger partial charge in [0.2, 0.25) is 0 Å². The van der Waals surface area contributed by atoms with Crippen LogP contribution in [-0.2, 0) is 4.79 Å². The summed E-state index contributed by atoms with van der Waals surface area (Å²) in [5, 5.41) is 9.98. The molecule has 0 radical (unpaired) electrons. The van der Waals surface area contributed by atoms with Crippen molar-refractivity contribution in [2.24, 2.45) is 0 Å². The Morgan fingerprint density at radius 2 is 1.89 bits per heavy atom. The molecule has 96 valence electrons. The number of esters is 1. The Morgan fingerprint density at radius 1 is 1.16 bits per heavy atom. The van der Waals surface area contributed by atoms with Gasteiger partial charge in [-0.1, -0.05) is 36.4 Å². The molecule has 2 rings (SSSR count). The Balaban J connectivity index is 2.25. The van der Waals surface area contributed by atoms with E-state index in [-0.39, 0.29) is 5.75 Å².